The van der Waals surface area contributed by atoms with Gasteiger partial charge in [-0.15, -0.1) is 24.8 Å². The van der Waals surface area contributed by atoms with Crippen molar-refractivity contribution < 1.29 is 25.0 Å². The average molecular weight is 422 g/mol. The van der Waals surface area contributed by atoms with E-state index in [1.165, 1.54) is 0 Å². The lowest BCUT2D eigenvalue weighted by Crippen LogP contribution is -2.45. The van der Waals surface area contributed by atoms with Crippen molar-refractivity contribution in [1.82, 2.24) is 26.1 Å². The first-order chi connectivity index (χ1) is 10.3. The zero-order valence-electron chi connectivity index (χ0n) is 12.1. The predicted octanol–water partition coefficient (Wildman–Crippen LogP) is -1.63. The number of hydrogen-bond donors (Lipinski definition) is 6. The number of hydrazine groups is 1. The van der Waals surface area contributed by atoms with Crippen molar-refractivity contribution in [3.05, 3.63) is 10.8 Å². The highest BCUT2D eigenvalue weighted by molar-refractivity contribution is 6.31. The van der Waals surface area contributed by atoms with E-state index in [4.69, 9.17) is 28.2 Å². The van der Waals surface area contributed by atoms with Crippen molar-refractivity contribution in [1.29, 1.82) is 0 Å². The molecule has 0 saturated carbocycles. The third-order valence-electron chi connectivity index (χ3n) is 1.94. The van der Waals surface area contributed by atoms with Crippen molar-refractivity contribution in [2.24, 2.45) is 4.99 Å². The number of hydrogen-bond acceptors (Lipinski definition) is 7. The minimum Gasteiger partial charge on any atom is -0.480 e. The predicted molar refractivity (Wildman–Crippen MR) is 94.1 cm³/mol. The summed E-state index contributed by atoms with van der Waals surface area (Å²) in [5.74, 6) is -2.48. The smallest absolute Gasteiger partial charge is 0.333 e. The molecular weight excluding hydrogens is 407 g/mol. The number of aliphatic carboxylic acids is 1. The van der Waals surface area contributed by atoms with Crippen LogP contribution in [0.5, 0.6) is 0 Å². The maximum Gasteiger partial charge on any atom is 0.333 e. The van der Waals surface area contributed by atoms with Gasteiger partial charge >= 0.3 is 17.9 Å². The monoisotopic (exact) mass is 420 g/mol. The van der Waals surface area contributed by atoms with Gasteiger partial charge in [-0.25, -0.2) is 14.8 Å². The molecule has 3 amide bonds. The van der Waals surface area contributed by atoms with Crippen LogP contribution < -0.4 is 27.6 Å². The van der Waals surface area contributed by atoms with E-state index in [-0.39, 0.29) is 52.8 Å². The van der Waals surface area contributed by atoms with Crippen LogP contribution in [0.25, 0.3) is 0 Å². The minimum atomic E-state index is -1.21. The molecule has 1 aromatic heterocycles. The number of anilines is 2. The van der Waals surface area contributed by atoms with E-state index in [0.717, 1.165) is 6.34 Å². The summed E-state index contributed by atoms with van der Waals surface area (Å²) in [6.45, 7) is -0.570. The highest BCUT2D eigenvalue weighted by Crippen LogP contribution is 2.17. The molecule has 0 fully saturated rings. The van der Waals surface area contributed by atoms with Crippen LogP contribution in [0.1, 0.15) is 10.5 Å². The molecule has 25 heavy (non-hydrogen) atoms. The second-order valence-electron chi connectivity index (χ2n) is 3.54. The Morgan fingerprint density at radius 1 is 1.20 bits per heavy atom. The van der Waals surface area contributed by atoms with Gasteiger partial charge in [-0.3, -0.25) is 20.4 Å². The second kappa shape index (κ2) is 12.8. The maximum absolute atomic E-state index is 11.7. The van der Waals surface area contributed by atoms with E-state index in [2.05, 4.69) is 20.4 Å². The fraction of sp³-hybridized carbons (Fsp3) is 0.111. The SMILES string of the molecule is Cl.Cl.Nc1nc(N)c(C(=O)N=CNNC(=O)NCC(=O)O)nc1Cl.O. The topological polar surface area (TPSA) is 229 Å². The van der Waals surface area contributed by atoms with E-state index in [1.807, 2.05) is 10.7 Å². The number of amides is 3. The summed E-state index contributed by atoms with van der Waals surface area (Å²) in [5, 5.41) is 10.1. The molecular formula is C9H15Cl3N8O5. The Kier molecular flexibility index (Phi) is 13.9. The number of nitrogens with two attached hydrogens (primary N) is 2. The number of nitrogens with one attached hydrogen (secondary N) is 3. The first kappa shape index (κ1) is 27.2. The number of nitrogen functional groups attached to an aromatic ring is 2. The normalized spacial score (nSPS) is 9.00. The summed E-state index contributed by atoms with van der Waals surface area (Å²) in [7, 11) is 0. The number of aliphatic imine (C=N–C) groups is 1. The highest BCUT2D eigenvalue weighted by Gasteiger charge is 2.14. The van der Waals surface area contributed by atoms with Gasteiger partial charge in [0.15, 0.2) is 22.5 Å². The molecule has 0 aromatic carbocycles. The second-order valence-corrected chi connectivity index (χ2v) is 3.90. The largest absolute Gasteiger partial charge is 0.480 e. The molecule has 0 unspecified atom stereocenters. The first-order valence-electron chi connectivity index (χ1n) is 5.47. The molecule has 0 aliphatic carbocycles. The van der Waals surface area contributed by atoms with Gasteiger partial charge in [-0.05, 0) is 0 Å². The highest BCUT2D eigenvalue weighted by atomic mass is 35.5. The molecule has 0 bridgehead atoms. The van der Waals surface area contributed by atoms with Crippen molar-refractivity contribution in [3.63, 3.8) is 0 Å². The number of rotatable bonds is 5. The van der Waals surface area contributed by atoms with E-state index in [9.17, 15) is 14.4 Å². The van der Waals surface area contributed by atoms with Crippen molar-refractivity contribution in [2.45, 2.75) is 0 Å². The lowest BCUT2D eigenvalue weighted by atomic mass is 10.4. The molecule has 1 aromatic rings. The van der Waals surface area contributed by atoms with Gasteiger partial charge in [-0.2, -0.15) is 4.99 Å². The van der Waals surface area contributed by atoms with Crippen molar-refractivity contribution in [3.8, 4) is 0 Å². The Morgan fingerprint density at radius 3 is 2.36 bits per heavy atom. The number of urea groups is 1. The number of aromatic nitrogens is 2. The third kappa shape index (κ3) is 9.31. The molecule has 16 heteroatoms. The molecule has 0 saturated heterocycles. The van der Waals surface area contributed by atoms with Crippen molar-refractivity contribution >= 4 is 72.3 Å². The number of halogens is 3. The average Bonchev–Trinajstić information content (AvgIpc) is 2.45. The number of carboxylic acid groups (broad SMARTS) is 1. The molecule has 1 rings (SSSR count). The summed E-state index contributed by atoms with van der Waals surface area (Å²) < 4.78 is 0. The lowest BCUT2D eigenvalue weighted by molar-refractivity contribution is -0.135. The molecule has 1 heterocycles. The van der Waals surface area contributed by atoms with E-state index in [0.29, 0.717) is 0 Å². The van der Waals surface area contributed by atoms with Gasteiger partial charge in [-0.1, -0.05) is 11.6 Å². The van der Waals surface area contributed by atoms with E-state index >= 15 is 0 Å². The van der Waals surface area contributed by atoms with Crippen LogP contribution in [-0.4, -0.2) is 51.3 Å². The molecule has 142 valence electrons. The Balaban J connectivity index is -0.00000161. The van der Waals surface area contributed by atoms with Gasteiger partial charge in [0.1, 0.15) is 12.9 Å². The molecule has 0 atom stereocenters. The van der Waals surface area contributed by atoms with Gasteiger partial charge in [0.25, 0.3) is 0 Å². The Hall–Kier alpha value is -2.61. The maximum atomic E-state index is 11.7. The zero-order chi connectivity index (χ0) is 16.7. The molecule has 0 aliphatic rings. The Morgan fingerprint density at radius 2 is 1.80 bits per heavy atom. The van der Waals surface area contributed by atoms with Gasteiger partial charge in [0.05, 0.1) is 0 Å². The van der Waals surface area contributed by atoms with Crippen LogP contribution in [0.3, 0.4) is 0 Å². The summed E-state index contributed by atoms with van der Waals surface area (Å²) >= 11 is 5.61. The van der Waals surface area contributed by atoms with Crippen LogP contribution in [-0.2, 0) is 4.79 Å². The first-order valence-corrected chi connectivity index (χ1v) is 5.85. The van der Waals surface area contributed by atoms with Crippen LogP contribution in [0.4, 0.5) is 16.4 Å². The van der Waals surface area contributed by atoms with Crippen LogP contribution in [0.2, 0.25) is 5.15 Å². The number of carbonyl (C=O) groups is 3. The van der Waals surface area contributed by atoms with E-state index in [1.54, 1.807) is 0 Å². The quantitative estimate of drug-likeness (QED) is 0.182. The van der Waals surface area contributed by atoms with Gasteiger partial charge < -0.3 is 27.4 Å². The Labute approximate surface area is 157 Å². The number of carbonyl (C=O) groups excluding carboxylic acids is 2. The van der Waals surface area contributed by atoms with E-state index < -0.39 is 24.5 Å². The van der Waals surface area contributed by atoms with Gasteiger partial charge in [0, 0.05) is 0 Å². The zero-order valence-corrected chi connectivity index (χ0v) is 14.5. The lowest BCUT2D eigenvalue weighted by Gasteiger charge is -2.04. The van der Waals surface area contributed by atoms with Gasteiger partial charge in [0.2, 0.25) is 0 Å². The fourth-order valence-corrected chi connectivity index (χ4v) is 1.18. The summed E-state index contributed by atoms with van der Waals surface area (Å²) in [6, 6.07) is -0.837. The minimum absolute atomic E-state index is 0. The number of nitrogens with zero attached hydrogens (tertiary/aromatic N) is 3. The molecule has 0 radical (unpaired) electrons. The third-order valence-corrected chi connectivity index (χ3v) is 2.22. The summed E-state index contributed by atoms with van der Waals surface area (Å²) in [6.07, 6.45) is 0.827. The fourth-order valence-electron chi connectivity index (χ4n) is 1.05. The Bertz CT molecular complexity index is 644. The number of carboxylic acids is 1. The molecule has 0 aliphatic heterocycles. The molecule has 13 nitrogen and oxygen atoms in total. The summed E-state index contributed by atoms with van der Waals surface area (Å²) in [5.41, 5.74) is 14.6. The molecule has 10 N–H and O–H groups in total. The van der Waals surface area contributed by atoms with Crippen LogP contribution in [0, 0.1) is 0 Å². The van der Waals surface area contributed by atoms with Crippen molar-refractivity contribution in [2.75, 3.05) is 18.0 Å². The molecule has 0 spiro atoms. The van der Waals surface area contributed by atoms with Crippen LogP contribution >= 0.6 is 36.4 Å². The van der Waals surface area contributed by atoms with Crippen LogP contribution in [0.15, 0.2) is 4.99 Å². The summed E-state index contributed by atoms with van der Waals surface area (Å²) in [4.78, 5) is 43.5. The standard InChI is InChI=1S/C9H11ClN8O4.2ClH.H2O/c10-5-7(12)17-6(11)4(16-5)8(21)14-2-15-18-9(22)13-1-3(19)20;;;/h2H,1H2,(H,19,20)(H4,11,12,17)(H2,13,18,22)(H,14,15,21);2*1H;1H2.